The molecular weight excluding hydrogens is 254 g/mol. The second-order valence-electron chi connectivity index (χ2n) is 4.92. The maximum Gasteiger partial charge on any atom is 0.269 e. The van der Waals surface area contributed by atoms with Crippen molar-refractivity contribution in [1.82, 2.24) is 15.3 Å². The van der Waals surface area contributed by atoms with Crippen LogP contribution in [-0.4, -0.2) is 27.5 Å². The van der Waals surface area contributed by atoms with Gasteiger partial charge in [0.1, 0.15) is 17.1 Å². The van der Waals surface area contributed by atoms with Gasteiger partial charge in [0.2, 0.25) is 0 Å². The van der Waals surface area contributed by atoms with E-state index in [1.807, 2.05) is 37.3 Å². The van der Waals surface area contributed by atoms with E-state index in [9.17, 15) is 9.90 Å². The van der Waals surface area contributed by atoms with Crippen molar-refractivity contribution in [3.05, 3.63) is 53.6 Å². The lowest BCUT2D eigenvalue weighted by Gasteiger charge is -2.24. The van der Waals surface area contributed by atoms with Crippen molar-refractivity contribution in [3.8, 4) is 0 Å². The van der Waals surface area contributed by atoms with Gasteiger partial charge in [-0.25, -0.2) is 4.98 Å². The van der Waals surface area contributed by atoms with Crippen molar-refractivity contribution in [3.63, 3.8) is 0 Å². The number of aromatic nitrogens is 2. The summed E-state index contributed by atoms with van der Waals surface area (Å²) in [7, 11) is 0. The standard InChI is InChI=1S/C15H19N3O2/c1-3-13-16-9-12(18-13)14(19)17-10-15(2,20)11-7-5-4-6-8-11/h4-9,20H,3,10H2,1-2H3,(H,16,18)(H,17,19). The van der Waals surface area contributed by atoms with Gasteiger partial charge in [0.15, 0.2) is 0 Å². The summed E-state index contributed by atoms with van der Waals surface area (Å²) in [5.74, 6) is 0.498. The number of imidazole rings is 1. The summed E-state index contributed by atoms with van der Waals surface area (Å²) in [5, 5.41) is 13.1. The van der Waals surface area contributed by atoms with Crippen molar-refractivity contribution in [1.29, 1.82) is 0 Å². The highest BCUT2D eigenvalue weighted by molar-refractivity contribution is 5.92. The Kier molecular flexibility index (Phi) is 4.20. The number of aromatic amines is 1. The summed E-state index contributed by atoms with van der Waals surface area (Å²) < 4.78 is 0. The number of aryl methyl sites for hydroxylation is 1. The number of aliphatic hydroxyl groups is 1. The third kappa shape index (κ3) is 3.24. The summed E-state index contributed by atoms with van der Waals surface area (Å²) in [6, 6.07) is 9.26. The second kappa shape index (κ2) is 5.88. The SMILES string of the molecule is CCc1ncc(C(=O)NCC(C)(O)c2ccccc2)[nH]1. The zero-order valence-corrected chi connectivity index (χ0v) is 11.7. The molecule has 2 aromatic rings. The molecule has 1 aromatic carbocycles. The van der Waals surface area contributed by atoms with Crippen LogP contribution >= 0.6 is 0 Å². The number of hydrogen-bond acceptors (Lipinski definition) is 3. The summed E-state index contributed by atoms with van der Waals surface area (Å²) in [6.45, 7) is 3.77. The van der Waals surface area contributed by atoms with Crippen LogP contribution in [0.2, 0.25) is 0 Å². The maximum atomic E-state index is 12.0. The normalized spacial score (nSPS) is 13.8. The fourth-order valence-electron chi connectivity index (χ4n) is 1.90. The Morgan fingerprint density at radius 3 is 2.70 bits per heavy atom. The number of H-pyrrole nitrogens is 1. The average molecular weight is 273 g/mol. The van der Waals surface area contributed by atoms with Crippen LogP contribution in [0, 0.1) is 0 Å². The topological polar surface area (TPSA) is 78.0 Å². The summed E-state index contributed by atoms with van der Waals surface area (Å²) >= 11 is 0. The lowest BCUT2D eigenvalue weighted by Crippen LogP contribution is -2.38. The molecule has 5 nitrogen and oxygen atoms in total. The molecule has 0 saturated heterocycles. The monoisotopic (exact) mass is 273 g/mol. The Balaban J connectivity index is 1.99. The third-order valence-electron chi connectivity index (χ3n) is 3.20. The molecule has 0 aliphatic heterocycles. The van der Waals surface area contributed by atoms with Crippen molar-refractivity contribution in [2.24, 2.45) is 0 Å². The lowest BCUT2D eigenvalue weighted by molar-refractivity contribution is 0.0525. The molecule has 0 bridgehead atoms. The van der Waals surface area contributed by atoms with Gasteiger partial charge in [-0.3, -0.25) is 4.79 Å². The lowest BCUT2D eigenvalue weighted by atomic mass is 9.96. The Bertz CT molecular complexity index is 576. The zero-order chi connectivity index (χ0) is 14.6. The van der Waals surface area contributed by atoms with Crippen LogP contribution in [0.15, 0.2) is 36.5 Å². The van der Waals surface area contributed by atoms with Gasteiger partial charge >= 0.3 is 0 Å². The molecule has 0 fully saturated rings. The highest BCUT2D eigenvalue weighted by Gasteiger charge is 2.24. The zero-order valence-electron chi connectivity index (χ0n) is 11.7. The summed E-state index contributed by atoms with van der Waals surface area (Å²) in [4.78, 5) is 19.0. The Morgan fingerprint density at radius 2 is 2.10 bits per heavy atom. The molecule has 1 amide bonds. The molecule has 1 atom stereocenters. The Hall–Kier alpha value is -2.14. The number of benzene rings is 1. The maximum absolute atomic E-state index is 12.0. The molecule has 0 saturated carbocycles. The van der Waals surface area contributed by atoms with Gasteiger partial charge in [0.05, 0.1) is 12.7 Å². The molecule has 20 heavy (non-hydrogen) atoms. The first kappa shape index (κ1) is 14.3. The predicted octanol–water partition coefficient (Wildman–Crippen LogP) is 1.61. The number of nitrogens with zero attached hydrogens (tertiary/aromatic N) is 1. The van der Waals surface area contributed by atoms with Crippen LogP contribution in [-0.2, 0) is 12.0 Å². The van der Waals surface area contributed by atoms with Crippen LogP contribution in [0.3, 0.4) is 0 Å². The van der Waals surface area contributed by atoms with Gasteiger partial charge in [-0.2, -0.15) is 0 Å². The molecule has 3 N–H and O–H groups in total. The smallest absolute Gasteiger partial charge is 0.269 e. The summed E-state index contributed by atoms with van der Waals surface area (Å²) in [5.41, 5.74) is 0.0646. The van der Waals surface area contributed by atoms with E-state index in [-0.39, 0.29) is 12.5 Å². The van der Waals surface area contributed by atoms with Gasteiger partial charge in [-0.1, -0.05) is 37.3 Å². The molecule has 0 aliphatic carbocycles. The minimum atomic E-state index is -1.11. The van der Waals surface area contributed by atoms with E-state index in [1.54, 1.807) is 6.92 Å². The fraction of sp³-hybridized carbons (Fsp3) is 0.333. The van der Waals surface area contributed by atoms with Crippen molar-refractivity contribution >= 4 is 5.91 Å². The first-order chi connectivity index (χ1) is 9.53. The molecule has 1 heterocycles. The van der Waals surface area contributed by atoms with Crippen LogP contribution in [0.1, 0.15) is 35.7 Å². The molecule has 106 valence electrons. The molecule has 0 radical (unpaired) electrons. The van der Waals surface area contributed by atoms with Gasteiger partial charge in [-0.15, -0.1) is 0 Å². The third-order valence-corrected chi connectivity index (χ3v) is 3.20. The van der Waals surface area contributed by atoms with E-state index >= 15 is 0 Å². The second-order valence-corrected chi connectivity index (χ2v) is 4.92. The highest BCUT2D eigenvalue weighted by atomic mass is 16.3. The molecule has 5 heteroatoms. The number of hydrogen-bond donors (Lipinski definition) is 3. The fourth-order valence-corrected chi connectivity index (χ4v) is 1.90. The molecule has 0 spiro atoms. The van der Waals surface area contributed by atoms with E-state index in [4.69, 9.17) is 0 Å². The molecule has 1 unspecified atom stereocenters. The number of rotatable bonds is 5. The number of amides is 1. The minimum Gasteiger partial charge on any atom is -0.384 e. The molecular formula is C15H19N3O2. The van der Waals surface area contributed by atoms with E-state index in [0.717, 1.165) is 17.8 Å². The first-order valence-corrected chi connectivity index (χ1v) is 6.63. The van der Waals surface area contributed by atoms with E-state index in [0.29, 0.717) is 5.69 Å². The number of carbonyl (C=O) groups excluding carboxylic acids is 1. The van der Waals surface area contributed by atoms with E-state index in [1.165, 1.54) is 6.20 Å². The van der Waals surface area contributed by atoms with Gasteiger partial charge in [0, 0.05) is 6.42 Å². The average Bonchev–Trinajstić information content (AvgIpc) is 2.95. The van der Waals surface area contributed by atoms with Gasteiger partial charge in [-0.05, 0) is 12.5 Å². The Labute approximate surface area is 118 Å². The van der Waals surface area contributed by atoms with Crippen LogP contribution in [0.5, 0.6) is 0 Å². The number of carbonyl (C=O) groups is 1. The molecule has 0 aliphatic rings. The van der Waals surface area contributed by atoms with E-state index < -0.39 is 5.60 Å². The van der Waals surface area contributed by atoms with Gasteiger partial charge < -0.3 is 15.4 Å². The largest absolute Gasteiger partial charge is 0.384 e. The van der Waals surface area contributed by atoms with Crippen molar-refractivity contribution in [2.75, 3.05) is 6.54 Å². The molecule has 1 aromatic heterocycles. The van der Waals surface area contributed by atoms with Crippen LogP contribution in [0.4, 0.5) is 0 Å². The van der Waals surface area contributed by atoms with Crippen molar-refractivity contribution < 1.29 is 9.90 Å². The van der Waals surface area contributed by atoms with Crippen LogP contribution in [0.25, 0.3) is 0 Å². The Morgan fingerprint density at radius 1 is 1.40 bits per heavy atom. The highest BCUT2D eigenvalue weighted by Crippen LogP contribution is 2.19. The van der Waals surface area contributed by atoms with Gasteiger partial charge in [0.25, 0.3) is 5.91 Å². The van der Waals surface area contributed by atoms with E-state index in [2.05, 4.69) is 15.3 Å². The molecule has 2 rings (SSSR count). The van der Waals surface area contributed by atoms with Crippen LogP contribution < -0.4 is 5.32 Å². The van der Waals surface area contributed by atoms with Crippen molar-refractivity contribution in [2.45, 2.75) is 25.9 Å². The minimum absolute atomic E-state index is 0.135. The number of nitrogens with one attached hydrogen (secondary N) is 2. The summed E-state index contributed by atoms with van der Waals surface area (Å²) in [6.07, 6.45) is 2.25. The quantitative estimate of drug-likeness (QED) is 0.774. The predicted molar refractivity (Wildman–Crippen MR) is 76.3 cm³/mol. The first-order valence-electron chi connectivity index (χ1n) is 6.63.